The van der Waals surface area contributed by atoms with Gasteiger partial charge in [-0.15, -0.1) is 10.2 Å². The van der Waals surface area contributed by atoms with Crippen LogP contribution in [0.3, 0.4) is 0 Å². The third kappa shape index (κ3) is 2.87. The molecule has 0 saturated carbocycles. The van der Waals surface area contributed by atoms with E-state index in [-0.39, 0.29) is 12.2 Å². The standard InChI is InChI=1S/C17H19N3O3/c1-11-8-20(10-15(22-11)17-19-18-12(2)23-17)9-14-5-3-4-13-6-7-21-16(13)14/h3-7,11,15H,8-10H2,1-2H3/t11-,15-/m1/s1. The summed E-state index contributed by atoms with van der Waals surface area (Å²) in [6, 6.07) is 8.23. The molecule has 0 N–H and O–H groups in total. The first kappa shape index (κ1) is 14.4. The molecule has 6 heteroatoms. The molecular formula is C17H19N3O3. The molecule has 2 aromatic heterocycles. The smallest absolute Gasteiger partial charge is 0.246 e. The number of aromatic nitrogens is 2. The van der Waals surface area contributed by atoms with Crippen molar-refractivity contribution in [3.05, 3.63) is 47.9 Å². The minimum absolute atomic E-state index is 0.108. The third-order valence-corrected chi connectivity index (χ3v) is 4.11. The van der Waals surface area contributed by atoms with Crippen LogP contribution < -0.4 is 0 Å². The van der Waals surface area contributed by atoms with Gasteiger partial charge in [0, 0.05) is 37.5 Å². The quantitative estimate of drug-likeness (QED) is 0.740. The van der Waals surface area contributed by atoms with E-state index in [2.05, 4.69) is 40.2 Å². The maximum Gasteiger partial charge on any atom is 0.246 e. The number of hydrogen-bond donors (Lipinski definition) is 0. The van der Waals surface area contributed by atoms with Gasteiger partial charge in [0.25, 0.3) is 0 Å². The lowest BCUT2D eigenvalue weighted by atomic mass is 10.1. The van der Waals surface area contributed by atoms with E-state index in [9.17, 15) is 0 Å². The summed E-state index contributed by atoms with van der Waals surface area (Å²) in [5.41, 5.74) is 2.14. The van der Waals surface area contributed by atoms with Gasteiger partial charge in [-0.05, 0) is 13.0 Å². The van der Waals surface area contributed by atoms with Gasteiger partial charge in [0.05, 0.1) is 12.4 Å². The summed E-state index contributed by atoms with van der Waals surface area (Å²) >= 11 is 0. The van der Waals surface area contributed by atoms with Gasteiger partial charge in [0.15, 0.2) is 0 Å². The Morgan fingerprint density at radius 2 is 2.13 bits per heavy atom. The van der Waals surface area contributed by atoms with Crippen LogP contribution in [0.5, 0.6) is 0 Å². The second kappa shape index (κ2) is 5.79. The lowest BCUT2D eigenvalue weighted by Crippen LogP contribution is -2.42. The third-order valence-electron chi connectivity index (χ3n) is 4.11. The zero-order valence-electron chi connectivity index (χ0n) is 13.2. The van der Waals surface area contributed by atoms with Gasteiger partial charge >= 0.3 is 0 Å². The van der Waals surface area contributed by atoms with Crippen molar-refractivity contribution < 1.29 is 13.6 Å². The van der Waals surface area contributed by atoms with Crippen LogP contribution in [0.15, 0.2) is 39.4 Å². The van der Waals surface area contributed by atoms with Crippen LogP contribution in [0.2, 0.25) is 0 Å². The SMILES string of the molecule is Cc1nnc([C@H]2CN(Cc3cccc4ccoc34)C[C@@H](C)O2)o1. The van der Waals surface area contributed by atoms with E-state index in [1.165, 1.54) is 5.56 Å². The van der Waals surface area contributed by atoms with Crippen molar-refractivity contribution in [2.45, 2.75) is 32.6 Å². The highest BCUT2D eigenvalue weighted by atomic mass is 16.5. The van der Waals surface area contributed by atoms with Crippen LogP contribution in [0.1, 0.15) is 30.4 Å². The number of morpholine rings is 1. The Bertz CT molecular complexity index is 810. The fourth-order valence-electron chi connectivity index (χ4n) is 3.17. The van der Waals surface area contributed by atoms with Crippen molar-refractivity contribution in [2.75, 3.05) is 13.1 Å². The van der Waals surface area contributed by atoms with E-state index in [1.807, 2.05) is 6.07 Å². The Balaban J connectivity index is 1.55. The fraction of sp³-hybridized carbons (Fsp3) is 0.412. The lowest BCUT2D eigenvalue weighted by molar-refractivity contribution is -0.0917. The first-order valence-electron chi connectivity index (χ1n) is 7.82. The Morgan fingerprint density at radius 3 is 2.96 bits per heavy atom. The van der Waals surface area contributed by atoms with E-state index in [1.54, 1.807) is 13.2 Å². The molecule has 1 fully saturated rings. The Labute approximate surface area is 134 Å². The minimum Gasteiger partial charge on any atom is -0.464 e. The molecule has 1 aromatic carbocycles. The van der Waals surface area contributed by atoms with Gasteiger partial charge in [0.2, 0.25) is 11.8 Å². The van der Waals surface area contributed by atoms with Crippen LogP contribution in [0.4, 0.5) is 0 Å². The van der Waals surface area contributed by atoms with Crippen molar-refractivity contribution in [1.82, 2.24) is 15.1 Å². The second-order valence-corrected chi connectivity index (χ2v) is 6.04. The molecule has 3 heterocycles. The van der Waals surface area contributed by atoms with Crippen LogP contribution in [0.25, 0.3) is 11.0 Å². The summed E-state index contributed by atoms with van der Waals surface area (Å²) in [5, 5.41) is 9.13. The summed E-state index contributed by atoms with van der Waals surface area (Å²) < 4.78 is 17.1. The van der Waals surface area contributed by atoms with Crippen LogP contribution >= 0.6 is 0 Å². The molecule has 4 rings (SSSR count). The summed E-state index contributed by atoms with van der Waals surface area (Å²) in [6.45, 7) is 6.25. The molecule has 23 heavy (non-hydrogen) atoms. The number of fused-ring (bicyclic) bond motifs is 1. The van der Waals surface area contributed by atoms with E-state index < -0.39 is 0 Å². The van der Waals surface area contributed by atoms with E-state index in [0.717, 1.165) is 30.6 Å². The molecule has 2 atom stereocenters. The molecule has 6 nitrogen and oxygen atoms in total. The Morgan fingerprint density at radius 1 is 1.22 bits per heavy atom. The highest BCUT2D eigenvalue weighted by Gasteiger charge is 2.30. The molecular weight excluding hydrogens is 294 g/mol. The average Bonchev–Trinajstić information content (AvgIpc) is 3.16. The van der Waals surface area contributed by atoms with Crippen LogP contribution in [-0.2, 0) is 11.3 Å². The molecule has 1 aliphatic rings. The average molecular weight is 313 g/mol. The number of benzene rings is 1. The zero-order valence-corrected chi connectivity index (χ0v) is 13.2. The number of hydrogen-bond acceptors (Lipinski definition) is 6. The maximum absolute atomic E-state index is 5.96. The zero-order chi connectivity index (χ0) is 15.8. The summed E-state index contributed by atoms with van der Waals surface area (Å²) in [4.78, 5) is 2.34. The number of furan rings is 1. The molecule has 120 valence electrons. The van der Waals surface area contributed by atoms with Crippen molar-refractivity contribution >= 4 is 11.0 Å². The Hall–Kier alpha value is -2.18. The fourth-order valence-corrected chi connectivity index (χ4v) is 3.17. The predicted octanol–water partition coefficient (Wildman–Crippen LogP) is 3.09. The monoisotopic (exact) mass is 313 g/mol. The van der Waals surface area contributed by atoms with Crippen LogP contribution in [0, 0.1) is 6.92 Å². The van der Waals surface area contributed by atoms with Gasteiger partial charge < -0.3 is 13.6 Å². The van der Waals surface area contributed by atoms with E-state index >= 15 is 0 Å². The number of ether oxygens (including phenoxy) is 1. The Kier molecular flexibility index (Phi) is 3.63. The predicted molar refractivity (Wildman–Crippen MR) is 83.8 cm³/mol. The van der Waals surface area contributed by atoms with Crippen molar-refractivity contribution in [3.8, 4) is 0 Å². The number of nitrogens with zero attached hydrogens (tertiary/aromatic N) is 3. The molecule has 0 unspecified atom stereocenters. The normalized spacial score (nSPS) is 22.7. The summed E-state index contributed by atoms with van der Waals surface area (Å²) in [5.74, 6) is 1.11. The topological polar surface area (TPSA) is 64.5 Å². The van der Waals surface area contributed by atoms with Crippen LogP contribution in [-0.4, -0.2) is 34.3 Å². The first-order valence-corrected chi connectivity index (χ1v) is 7.82. The van der Waals surface area contributed by atoms with Gasteiger partial charge in [-0.1, -0.05) is 18.2 Å². The van der Waals surface area contributed by atoms with Crippen molar-refractivity contribution in [1.29, 1.82) is 0 Å². The molecule has 0 amide bonds. The number of rotatable bonds is 3. The van der Waals surface area contributed by atoms with E-state index in [0.29, 0.717) is 11.8 Å². The molecule has 0 aliphatic carbocycles. The molecule has 3 aromatic rings. The number of aryl methyl sites for hydroxylation is 1. The minimum atomic E-state index is -0.184. The first-order chi connectivity index (χ1) is 11.2. The lowest BCUT2D eigenvalue weighted by Gasteiger charge is -2.35. The van der Waals surface area contributed by atoms with Gasteiger partial charge in [-0.2, -0.15) is 0 Å². The summed E-state index contributed by atoms with van der Waals surface area (Å²) in [6.07, 6.45) is 1.66. The highest BCUT2D eigenvalue weighted by Crippen LogP contribution is 2.27. The molecule has 0 spiro atoms. The summed E-state index contributed by atoms with van der Waals surface area (Å²) in [7, 11) is 0. The van der Waals surface area contributed by atoms with Crippen molar-refractivity contribution in [2.24, 2.45) is 0 Å². The number of para-hydroxylation sites is 1. The second-order valence-electron chi connectivity index (χ2n) is 6.04. The largest absolute Gasteiger partial charge is 0.464 e. The van der Waals surface area contributed by atoms with Gasteiger partial charge in [0.1, 0.15) is 11.7 Å². The maximum atomic E-state index is 5.96. The molecule has 0 bridgehead atoms. The molecule has 0 radical (unpaired) electrons. The molecule has 1 aliphatic heterocycles. The highest BCUT2D eigenvalue weighted by molar-refractivity contribution is 5.80. The molecule has 1 saturated heterocycles. The van der Waals surface area contributed by atoms with Gasteiger partial charge in [-0.3, -0.25) is 4.90 Å². The van der Waals surface area contributed by atoms with Gasteiger partial charge in [-0.25, -0.2) is 0 Å². The van der Waals surface area contributed by atoms with E-state index in [4.69, 9.17) is 13.6 Å². The van der Waals surface area contributed by atoms with Crippen molar-refractivity contribution in [3.63, 3.8) is 0 Å².